The van der Waals surface area contributed by atoms with Crippen molar-refractivity contribution in [2.24, 2.45) is 0 Å². The summed E-state index contributed by atoms with van der Waals surface area (Å²) in [6.45, 7) is 2.48. The van der Waals surface area contributed by atoms with E-state index in [0.717, 1.165) is 54.4 Å². The van der Waals surface area contributed by atoms with Crippen molar-refractivity contribution in [3.63, 3.8) is 0 Å². The summed E-state index contributed by atoms with van der Waals surface area (Å²) in [4.78, 5) is 48.1. The Morgan fingerprint density at radius 3 is 1.83 bits per heavy atom. The number of rotatable bonds is 10. The minimum Gasteiger partial charge on any atom is -0.478 e. The predicted octanol–water partition coefficient (Wildman–Crippen LogP) is 7.71. The molecule has 0 fully saturated rings. The molecule has 0 aliphatic rings. The van der Waals surface area contributed by atoms with Crippen LogP contribution in [0.25, 0.3) is 43.1 Å². The van der Waals surface area contributed by atoms with Crippen molar-refractivity contribution in [3.8, 4) is 0 Å². The van der Waals surface area contributed by atoms with E-state index in [1.807, 2.05) is 67.6 Å². The van der Waals surface area contributed by atoms with E-state index in [0.29, 0.717) is 42.3 Å². The highest BCUT2D eigenvalue weighted by atomic mass is 16.4. The fourth-order valence-corrected chi connectivity index (χ4v) is 6.76. The lowest BCUT2D eigenvalue weighted by molar-refractivity contribution is 0.0698. The van der Waals surface area contributed by atoms with Gasteiger partial charge in [0.05, 0.1) is 5.56 Å². The number of nitrogens with zero attached hydrogens (tertiary/aromatic N) is 2. The van der Waals surface area contributed by atoms with Gasteiger partial charge in [0.25, 0.3) is 5.91 Å². The van der Waals surface area contributed by atoms with Crippen LogP contribution in [-0.4, -0.2) is 39.3 Å². The van der Waals surface area contributed by atoms with Crippen LogP contribution in [0.5, 0.6) is 0 Å². The zero-order valence-corrected chi connectivity index (χ0v) is 25.3. The highest BCUT2D eigenvalue weighted by molar-refractivity contribution is 6.37. The van der Waals surface area contributed by atoms with Gasteiger partial charge in [-0.25, -0.2) is 4.79 Å². The maximum Gasteiger partial charge on any atom is 0.336 e. The zero-order chi connectivity index (χ0) is 31.8. The number of benzene rings is 5. The first-order chi connectivity index (χ1) is 22.4. The maximum atomic E-state index is 13.7. The number of amides is 1. The molecule has 0 saturated carbocycles. The summed E-state index contributed by atoms with van der Waals surface area (Å²) in [5.41, 5.74) is 4.19. The second kappa shape index (κ2) is 12.0. The summed E-state index contributed by atoms with van der Waals surface area (Å²) >= 11 is 0. The fourth-order valence-electron chi connectivity index (χ4n) is 6.76. The molecule has 0 aliphatic heterocycles. The van der Waals surface area contributed by atoms with Crippen molar-refractivity contribution >= 4 is 60.7 Å². The van der Waals surface area contributed by atoms with Gasteiger partial charge >= 0.3 is 5.97 Å². The number of aromatic nitrogens is 2. The molecule has 7 nitrogen and oxygen atoms in total. The smallest absolute Gasteiger partial charge is 0.336 e. The van der Waals surface area contributed by atoms with Crippen LogP contribution in [-0.2, 0) is 12.8 Å². The summed E-state index contributed by atoms with van der Waals surface area (Å²) < 4.78 is 0. The van der Waals surface area contributed by atoms with Gasteiger partial charge in [0, 0.05) is 54.3 Å². The summed E-state index contributed by atoms with van der Waals surface area (Å²) in [5, 5.41) is 19.9. The molecule has 1 amide bonds. The van der Waals surface area contributed by atoms with Crippen molar-refractivity contribution < 1.29 is 19.5 Å². The zero-order valence-electron chi connectivity index (χ0n) is 25.3. The molecule has 7 rings (SSSR count). The largest absolute Gasteiger partial charge is 0.478 e. The van der Waals surface area contributed by atoms with E-state index in [-0.39, 0.29) is 23.7 Å². The van der Waals surface area contributed by atoms with Gasteiger partial charge in [0.1, 0.15) is 0 Å². The van der Waals surface area contributed by atoms with Gasteiger partial charge in [-0.05, 0) is 105 Å². The lowest BCUT2D eigenvalue weighted by atomic mass is 9.83. The van der Waals surface area contributed by atoms with E-state index in [9.17, 15) is 19.5 Å². The molecular formula is C39H31N3O4. The molecule has 46 heavy (non-hydrogen) atoms. The topological polar surface area (TPSA) is 109 Å². The third-order valence-corrected chi connectivity index (χ3v) is 8.90. The van der Waals surface area contributed by atoms with Crippen LogP contribution in [0, 0.1) is 6.92 Å². The number of carbonyl (C=O) groups is 3. The van der Waals surface area contributed by atoms with E-state index in [1.165, 1.54) is 0 Å². The van der Waals surface area contributed by atoms with Gasteiger partial charge in [0.15, 0.2) is 5.78 Å². The first-order valence-electron chi connectivity index (χ1n) is 15.4. The molecule has 0 atom stereocenters. The van der Waals surface area contributed by atoms with Crippen LogP contribution in [0.2, 0.25) is 0 Å². The predicted molar refractivity (Wildman–Crippen MR) is 181 cm³/mol. The van der Waals surface area contributed by atoms with E-state index in [4.69, 9.17) is 0 Å². The Morgan fingerprint density at radius 2 is 1.22 bits per heavy atom. The van der Waals surface area contributed by atoms with Gasteiger partial charge in [-0.15, -0.1) is 0 Å². The molecule has 0 saturated heterocycles. The van der Waals surface area contributed by atoms with Crippen molar-refractivity contribution in [3.05, 3.63) is 131 Å². The Balaban J connectivity index is 1.33. The number of ketones is 1. The number of hydrogen-bond acceptors (Lipinski definition) is 5. The molecule has 2 N–H and O–H groups in total. The summed E-state index contributed by atoms with van der Waals surface area (Å²) in [6.07, 6.45) is 9.35. The van der Waals surface area contributed by atoms with Crippen LogP contribution in [0.3, 0.4) is 0 Å². The highest BCUT2D eigenvalue weighted by Crippen LogP contribution is 2.44. The monoisotopic (exact) mass is 605 g/mol. The number of hydrogen-bond donors (Lipinski definition) is 2. The van der Waals surface area contributed by atoms with E-state index >= 15 is 0 Å². The number of aryl methyl sites for hydroxylation is 2. The number of carbonyl (C=O) groups excluding carboxylic acids is 2. The van der Waals surface area contributed by atoms with Crippen LogP contribution >= 0.6 is 0 Å². The number of nitrogens with one attached hydrogen (secondary N) is 1. The van der Waals surface area contributed by atoms with Gasteiger partial charge in [-0.3, -0.25) is 19.6 Å². The Morgan fingerprint density at radius 1 is 0.652 bits per heavy atom. The molecule has 2 aromatic heterocycles. The molecule has 0 radical (unpaired) electrons. The molecule has 7 aromatic rings. The number of aromatic carboxylic acids is 1. The van der Waals surface area contributed by atoms with Gasteiger partial charge in [-0.1, -0.05) is 48.5 Å². The minimum atomic E-state index is -1.08. The Hall–Kier alpha value is -5.69. The first-order valence-corrected chi connectivity index (χ1v) is 15.4. The number of carboxylic acids is 1. The van der Waals surface area contributed by atoms with Crippen molar-refractivity contribution in [1.82, 2.24) is 15.3 Å². The third kappa shape index (κ3) is 5.09. The molecule has 5 aromatic carbocycles. The number of pyridine rings is 2. The van der Waals surface area contributed by atoms with Crippen LogP contribution < -0.4 is 5.32 Å². The van der Waals surface area contributed by atoms with E-state index in [1.54, 1.807) is 36.9 Å². The lowest BCUT2D eigenvalue weighted by Gasteiger charge is -2.20. The van der Waals surface area contributed by atoms with Crippen LogP contribution in [0.1, 0.15) is 60.6 Å². The van der Waals surface area contributed by atoms with Crippen molar-refractivity contribution in [1.29, 1.82) is 0 Å². The van der Waals surface area contributed by atoms with Crippen LogP contribution in [0.4, 0.5) is 0 Å². The quantitative estimate of drug-likeness (QED) is 0.0939. The Labute approximate surface area is 265 Å². The molecule has 7 heteroatoms. The molecule has 226 valence electrons. The standard InChI is InChI=1S/C39H31N3O4/c1-23-9-10-26-28-11-14-30(33(43)8-2-5-24-6-3-18-40-21-24)37-32(39(45)46)16-13-29(36(28)37)27-12-15-31(34(23)35(26)27)38(44)42-20-17-25-7-4-19-41-22-25/h3-4,6-7,9-16,18-19,21-22H,2,5,8,17,20H2,1H3,(H,42,44)(H,45,46). The summed E-state index contributed by atoms with van der Waals surface area (Å²) in [5.74, 6) is -1.32. The second-order valence-corrected chi connectivity index (χ2v) is 11.7. The molecule has 0 spiro atoms. The Kier molecular flexibility index (Phi) is 7.58. The second-order valence-electron chi connectivity index (χ2n) is 11.7. The molecule has 0 bridgehead atoms. The number of Topliss-reactive ketones (excluding diaryl/α,β-unsaturated/α-hetero) is 1. The van der Waals surface area contributed by atoms with E-state index in [2.05, 4.69) is 15.3 Å². The number of fused-ring (bicyclic) bond motifs is 2. The average Bonchev–Trinajstić information content (AvgIpc) is 3.08. The summed E-state index contributed by atoms with van der Waals surface area (Å²) in [7, 11) is 0. The van der Waals surface area contributed by atoms with Gasteiger partial charge < -0.3 is 10.4 Å². The first kappa shape index (κ1) is 29.0. The fraction of sp³-hybridized carbons (Fsp3) is 0.154. The third-order valence-electron chi connectivity index (χ3n) is 8.90. The Bertz CT molecular complexity index is 2260. The lowest BCUT2D eigenvalue weighted by Crippen LogP contribution is -2.26. The number of carboxylic acid groups (broad SMARTS) is 1. The van der Waals surface area contributed by atoms with Crippen LogP contribution in [0.15, 0.2) is 97.6 Å². The minimum absolute atomic E-state index is 0.0896. The maximum absolute atomic E-state index is 13.7. The van der Waals surface area contributed by atoms with Gasteiger partial charge in [-0.2, -0.15) is 0 Å². The molecule has 2 heterocycles. The average molecular weight is 606 g/mol. The van der Waals surface area contributed by atoms with Crippen molar-refractivity contribution in [2.45, 2.75) is 32.6 Å². The normalized spacial score (nSPS) is 11.5. The van der Waals surface area contributed by atoms with Gasteiger partial charge in [0.2, 0.25) is 0 Å². The molecular weight excluding hydrogens is 574 g/mol. The molecule has 0 unspecified atom stereocenters. The molecule has 0 aliphatic carbocycles. The summed E-state index contributed by atoms with van der Waals surface area (Å²) in [6, 6.07) is 22.7. The van der Waals surface area contributed by atoms with Crippen molar-refractivity contribution in [2.75, 3.05) is 6.54 Å². The van der Waals surface area contributed by atoms with E-state index < -0.39 is 5.97 Å². The highest BCUT2D eigenvalue weighted by Gasteiger charge is 2.24. The SMILES string of the molecule is Cc1ccc2c3ccc(C(=O)CCCc4cccnc4)c4c(C(=O)O)ccc(c5ccc(C(=O)NCCc6cccnc6)c1c52)c43.